The molecule has 2 fully saturated rings. The molecule has 2 aliphatic rings. The van der Waals surface area contributed by atoms with Crippen molar-refractivity contribution in [1.82, 2.24) is 10.2 Å². The number of amides is 1. The van der Waals surface area contributed by atoms with Gasteiger partial charge in [-0.25, -0.2) is 0 Å². The number of aliphatic hydroxyl groups excluding tert-OH is 1. The quantitative estimate of drug-likeness (QED) is 0.899. The van der Waals surface area contributed by atoms with E-state index in [9.17, 15) is 9.90 Å². The minimum absolute atomic E-state index is 0.0597. The maximum Gasteiger partial charge on any atom is 0.234 e. The summed E-state index contributed by atoms with van der Waals surface area (Å²) in [5.41, 5.74) is 0.734. The Balaban J connectivity index is 1.73. The summed E-state index contributed by atoms with van der Waals surface area (Å²) in [5.74, 6) is 0.0597. The van der Waals surface area contributed by atoms with Gasteiger partial charge in [-0.2, -0.15) is 0 Å². The lowest BCUT2D eigenvalue weighted by Gasteiger charge is -2.44. The molecule has 1 heterocycles. The number of piperazine rings is 1. The fraction of sp³-hybridized carbons (Fsp3) is 0.562. The molecule has 4 nitrogen and oxygen atoms in total. The Bertz CT molecular complexity index is 523. The molecule has 0 radical (unpaired) electrons. The van der Waals surface area contributed by atoms with Crippen LogP contribution in [0.15, 0.2) is 24.3 Å². The van der Waals surface area contributed by atoms with Crippen molar-refractivity contribution < 1.29 is 9.90 Å². The van der Waals surface area contributed by atoms with Gasteiger partial charge in [0.1, 0.15) is 0 Å². The van der Waals surface area contributed by atoms with Gasteiger partial charge in [-0.1, -0.05) is 42.6 Å². The van der Waals surface area contributed by atoms with E-state index in [2.05, 4.69) is 10.2 Å². The first kappa shape index (κ1) is 14.8. The molecule has 1 saturated carbocycles. The van der Waals surface area contributed by atoms with Crippen LogP contribution in [0.1, 0.15) is 37.4 Å². The van der Waals surface area contributed by atoms with E-state index in [-0.39, 0.29) is 11.9 Å². The Hall–Kier alpha value is -1.10. The molecule has 3 rings (SSSR count). The number of benzene rings is 1. The summed E-state index contributed by atoms with van der Waals surface area (Å²) in [7, 11) is 0. The fourth-order valence-electron chi connectivity index (χ4n) is 3.54. The second-order valence-electron chi connectivity index (χ2n) is 5.99. The summed E-state index contributed by atoms with van der Waals surface area (Å²) in [6.07, 6.45) is 3.82. The molecule has 1 amide bonds. The Morgan fingerprint density at radius 2 is 2.10 bits per heavy atom. The molecule has 3 unspecified atom stereocenters. The van der Waals surface area contributed by atoms with Gasteiger partial charge in [0.25, 0.3) is 0 Å². The number of halogens is 1. The summed E-state index contributed by atoms with van der Waals surface area (Å²) in [6, 6.07) is 7.93. The van der Waals surface area contributed by atoms with E-state index in [0.29, 0.717) is 24.2 Å². The highest BCUT2D eigenvalue weighted by molar-refractivity contribution is 6.31. The molecule has 0 bridgehead atoms. The van der Waals surface area contributed by atoms with Crippen molar-refractivity contribution in [1.29, 1.82) is 0 Å². The topological polar surface area (TPSA) is 52.6 Å². The first-order valence-corrected chi connectivity index (χ1v) is 7.99. The minimum atomic E-state index is -0.660. The summed E-state index contributed by atoms with van der Waals surface area (Å²) in [5, 5.41) is 14.1. The third-order valence-corrected chi connectivity index (χ3v) is 4.91. The van der Waals surface area contributed by atoms with Crippen molar-refractivity contribution >= 4 is 17.5 Å². The highest BCUT2D eigenvalue weighted by atomic mass is 35.5. The maximum absolute atomic E-state index is 11.9. The van der Waals surface area contributed by atoms with Gasteiger partial charge in [-0.3, -0.25) is 9.69 Å². The van der Waals surface area contributed by atoms with Gasteiger partial charge in [-0.05, 0) is 18.9 Å². The number of aliphatic hydroxyl groups is 1. The average Bonchev–Trinajstić information content (AvgIpc) is 2.47. The van der Waals surface area contributed by atoms with Gasteiger partial charge >= 0.3 is 0 Å². The second kappa shape index (κ2) is 6.34. The molecule has 3 atom stereocenters. The van der Waals surface area contributed by atoms with Crippen LogP contribution in [0.25, 0.3) is 0 Å². The third-order valence-electron chi connectivity index (χ3n) is 4.56. The van der Waals surface area contributed by atoms with Crippen molar-refractivity contribution in [2.75, 3.05) is 13.1 Å². The molecule has 5 heteroatoms. The van der Waals surface area contributed by atoms with Crippen molar-refractivity contribution in [2.45, 2.75) is 43.9 Å². The van der Waals surface area contributed by atoms with E-state index in [0.717, 1.165) is 18.4 Å². The number of nitrogens with zero attached hydrogens (tertiary/aromatic N) is 1. The standard InChI is InChI=1S/C16H21ClN2O2/c17-12-6-2-1-5-11(12)15(20)9-19-10-16(21)18-13-7-3-4-8-14(13)19/h1-2,5-6,13-15,20H,3-4,7-10H2,(H,18,21). The highest BCUT2D eigenvalue weighted by Gasteiger charge is 2.37. The van der Waals surface area contributed by atoms with Gasteiger partial charge in [0.15, 0.2) is 0 Å². The van der Waals surface area contributed by atoms with E-state index in [1.807, 2.05) is 18.2 Å². The van der Waals surface area contributed by atoms with E-state index in [1.165, 1.54) is 12.8 Å². The van der Waals surface area contributed by atoms with Crippen molar-refractivity contribution in [3.63, 3.8) is 0 Å². The van der Waals surface area contributed by atoms with Crippen LogP contribution in [0.4, 0.5) is 0 Å². The molecular weight excluding hydrogens is 288 g/mol. The average molecular weight is 309 g/mol. The number of nitrogens with one attached hydrogen (secondary N) is 1. The van der Waals surface area contributed by atoms with E-state index in [4.69, 9.17) is 11.6 Å². The van der Waals surface area contributed by atoms with Crippen LogP contribution in [-0.2, 0) is 4.79 Å². The van der Waals surface area contributed by atoms with Gasteiger partial charge in [0.2, 0.25) is 5.91 Å². The number of β-amino-alcohol motifs (C(OH)–C–C–N with tert-alkyl or cyclic N) is 1. The predicted octanol–water partition coefficient (Wildman–Crippen LogP) is 2.12. The largest absolute Gasteiger partial charge is 0.387 e. The molecule has 1 saturated heterocycles. The molecule has 1 aliphatic carbocycles. The van der Waals surface area contributed by atoms with Gasteiger partial charge in [0, 0.05) is 29.2 Å². The number of carbonyl (C=O) groups is 1. The molecule has 1 aromatic carbocycles. The SMILES string of the molecule is O=C1CN(CC(O)c2ccccc2Cl)C2CCCCC2N1. The molecule has 1 aliphatic heterocycles. The Morgan fingerprint density at radius 3 is 2.90 bits per heavy atom. The maximum atomic E-state index is 11.9. The number of hydrogen-bond donors (Lipinski definition) is 2. The first-order chi connectivity index (χ1) is 10.1. The zero-order valence-electron chi connectivity index (χ0n) is 12.0. The van der Waals surface area contributed by atoms with E-state index in [1.54, 1.807) is 6.07 Å². The predicted molar refractivity (Wildman–Crippen MR) is 82.2 cm³/mol. The minimum Gasteiger partial charge on any atom is -0.387 e. The van der Waals surface area contributed by atoms with Crippen LogP contribution in [0.2, 0.25) is 5.02 Å². The molecule has 21 heavy (non-hydrogen) atoms. The number of rotatable bonds is 3. The summed E-state index contributed by atoms with van der Waals surface area (Å²) in [4.78, 5) is 14.0. The molecular formula is C16H21ClN2O2. The van der Waals surface area contributed by atoms with Crippen LogP contribution in [-0.4, -0.2) is 41.1 Å². The number of carbonyl (C=O) groups excluding carboxylic acids is 1. The lowest BCUT2D eigenvalue weighted by atomic mass is 9.87. The molecule has 2 N–H and O–H groups in total. The van der Waals surface area contributed by atoms with Gasteiger partial charge in [-0.15, -0.1) is 0 Å². The molecule has 1 aromatic rings. The Kier molecular flexibility index (Phi) is 4.48. The normalized spacial score (nSPS) is 27.8. The zero-order chi connectivity index (χ0) is 14.8. The summed E-state index contributed by atoms with van der Waals surface area (Å²) in [6.45, 7) is 0.820. The van der Waals surface area contributed by atoms with Gasteiger partial charge < -0.3 is 10.4 Å². The van der Waals surface area contributed by atoms with Crippen molar-refractivity contribution in [3.8, 4) is 0 Å². The molecule has 0 aromatic heterocycles. The van der Waals surface area contributed by atoms with Crippen molar-refractivity contribution in [3.05, 3.63) is 34.9 Å². The lowest BCUT2D eigenvalue weighted by molar-refractivity contribution is -0.129. The summed E-state index contributed by atoms with van der Waals surface area (Å²) < 4.78 is 0. The Labute approximate surface area is 130 Å². The van der Waals surface area contributed by atoms with Crippen LogP contribution in [0.3, 0.4) is 0 Å². The monoisotopic (exact) mass is 308 g/mol. The van der Waals surface area contributed by atoms with Crippen LogP contribution in [0.5, 0.6) is 0 Å². The van der Waals surface area contributed by atoms with Crippen LogP contribution < -0.4 is 5.32 Å². The number of fused-ring (bicyclic) bond motifs is 1. The lowest BCUT2D eigenvalue weighted by Crippen LogP contribution is -2.62. The molecule has 114 valence electrons. The molecule has 0 spiro atoms. The highest BCUT2D eigenvalue weighted by Crippen LogP contribution is 2.29. The van der Waals surface area contributed by atoms with E-state index >= 15 is 0 Å². The van der Waals surface area contributed by atoms with E-state index < -0.39 is 6.10 Å². The first-order valence-electron chi connectivity index (χ1n) is 7.61. The third kappa shape index (κ3) is 3.23. The fourth-order valence-corrected chi connectivity index (χ4v) is 3.80. The number of hydrogen-bond acceptors (Lipinski definition) is 3. The zero-order valence-corrected chi connectivity index (χ0v) is 12.7. The van der Waals surface area contributed by atoms with Crippen molar-refractivity contribution in [2.24, 2.45) is 0 Å². The summed E-state index contributed by atoms with van der Waals surface area (Å²) >= 11 is 6.15. The van der Waals surface area contributed by atoms with Crippen LogP contribution >= 0.6 is 11.6 Å². The smallest absolute Gasteiger partial charge is 0.234 e. The second-order valence-corrected chi connectivity index (χ2v) is 6.40. The van der Waals surface area contributed by atoms with Crippen LogP contribution in [0, 0.1) is 0 Å². The van der Waals surface area contributed by atoms with Gasteiger partial charge in [0.05, 0.1) is 12.6 Å². The Morgan fingerprint density at radius 1 is 1.33 bits per heavy atom.